The Balaban J connectivity index is 1.36. The van der Waals surface area contributed by atoms with Crippen LogP contribution in [0.2, 0.25) is 0 Å². The number of hydrogen-bond acceptors (Lipinski definition) is 5. The highest BCUT2D eigenvalue weighted by Crippen LogP contribution is 2.33. The molecule has 2 amide bonds. The number of hydrogen-bond donors (Lipinski definition) is 1. The first-order valence-electron chi connectivity index (χ1n) is 10.6. The van der Waals surface area contributed by atoms with Gasteiger partial charge in [0.05, 0.1) is 5.69 Å². The third kappa shape index (κ3) is 5.63. The number of carbonyl (C=O) groups is 3. The number of anilines is 1. The SMILES string of the molecule is O=C(CCCN1C(=O)COc2ccc(C(=O)COc3ccccc3)cc21)NCC1CC1. The Morgan fingerprint density at radius 3 is 2.71 bits per heavy atom. The Morgan fingerprint density at radius 2 is 1.94 bits per heavy atom. The number of benzene rings is 2. The van der Waals surface area contributed by atoms with Crippen molar-refractivity contribution in [3.8, 4) is 11.5 Å². The molecular formula is C24H26N2O5. The van der Waals surface area contributed by atoms with Crippen molar-refractivity contribution in [2.75, 3.05) is 31.2 Å². The lowest BCUT2D eigenvalue weighted by Gasteiger charge is -2.29. The van der Waals surface area contributed by atoms with Crippen LogP contribution in [-0.4, -0.2) is 43.9 Å². The minimum atomic E-state index is -0.191. The number of para-hydroxylation sites is 1. The Labute approximate surface area is 181 Å². The van der Waals surface area contributed by atoms with E-state index in [-0.39, 0.29) is 30.8 Å². The van der Waals surface area contributed by atoms with Crippen molar-refractivity contribution < 1.29 is 23.9 Å². The van der Waals surface area contributed by atoms with Gasteiger partial charge in [0.2, 0.25) is 5.91 Å². The van der Waals surface area contributed by atoms with Crippen molar-refractivity contribution >= 4 is 23.3 Å². The van der Waals surface area contributed by atoms with E-state index < -0.39 is 0 Å². The van der Waals surface area contributed by atoms with E-state index in [9.17, 15) is 14.4 Å². The third-order valence-electron chi connectivity index (χ3n) is 5.41. The number of amides is 2. The van der Waals surface area contributed by atoms with Gasteiger partial charge in [-0.25, -0.2) is 0 Å². The molecule has 0 aromatic heterocycles. The predicted octanol–water partition coefficient (Wildman–Crippen LogP) is 2.98. The number of fused-ring (bicyclic) bond motifs is 1. The molecule has 1 aliphatic carbocycles. The van der Waals surface area contributed by atoms with Crippen LogP contribution in [0.3, 0.4) is 0 Å². The lowest BCUT2D eigenvalue weighted by Crippen LogP contribution is -2.40. The quantitative estimate of drug-likeness (QED) is 0.595. The van der Waals surface area contributed by atoms with Gasteiger partial charge in [0.25, 0.3) is 5.91 Å². The minimum absolute atomic E-state index is 0.00909. The van der Waals surface area contributed by atoms with Crippen LogP contribution >= 0.6 is 0 Å². The highest BCUT2D eigenvalue weighted by Gasteiger charge is 2.27. The van der Waals surface area contributed by atoms with Crippen LogP contribution in [0.1, 0.15) is 36.0 Å². The molecule has 0 radical (unpaired) electrons. The van der Waals surface area contributed by atoms with Crippen LogP contribution < -0.4 is 19.7 Å². The largest absolute Gasteiger partial charge is 0.485 e. The van der Waals surface area contributed by atoms with Gasteiger partial charge in [-0.3, -0.25) is 14.4 Å². The van der Waals surface area contributed by atoms with Crippen LogP contribution in [0.15, 0.2) is 48.5 Å². The second kappa shape index (κ2) is 9.64. The average molecular weight is 422 g/mol. The van der Waals surface area contributed by atoms with E-state index >= 15 is 0 Å². The second-order valence-electron chi connectivity index (χ2n) is 7.89. The van der Waals surface area contributed by atoms with Gasteiger partial charge in [-0.2, -0.15) is 0 Å². The summed E-state index contributed by atoms with van der Waals surface area (Å²) in [7, 11) is 0. The van der Waals surface area contributed by atoms with Gasteiger partial charge >= 0.3 is 0 Å². The molecule has 162 valence electrons. The first kappa shape index (κ1) is 20.9. The molecule has 1 fully saturated rings. The number of Topliss-reactive ketones (excluding diaryl/α,β-unsaturated/α-hetero) is 1. The first-order valence-corrected chi connectivity index (χ1v) is 10.6. The van der Waals surface area contributed by atoms with Gasteiger partial charge in [-0.15, -0.1) is 0 Å². The van der Waals surface area contributed by atoms with Crippen molar-refractivity contribution in [2.24, 2.45) is 5.92 Å². The Bertz CT molecular complexity index is 956. The molecule has 0 unspecified atom stereocenters. The van der Waals surface area contributed by atoms with Crippen LogP contribution in [0.4, 0.5) is 5.69 Å². The molecule has 7 heteroatoms. The maximum atomic E-state index is 12.6. The van der Waals surface area contributed by atoms with Crippen molar-refractivity contribution in [3.63, 3.8) is 0 Å². The Hall–Kier alpha value is -3.35. The molecule has 31 heavy (non-hydrogen) atoms. The molecule has 0 saturated heterocycles. The zero-order valence-corrected chi connectivity index (χ0v) is 17.3. The predicted molar refractivity (Wildman–Crippen MR) is 116 cm³/mol. The fourth-order valence-electron chi connectivity index (χ4n) is 3.44. The summed E-state index contributed by atoms with van der Waals surface area (Å²) in [6, 6.07) is 14.2. The molecule has 1 aliphatic heterocycles. The third-order valence-corrected chi connectivity index (χ3v) is 5.41. The molecule has 0 bridgehead atoms. The molecule has 0 spiro atoms. The molecule has 1 N–H and O–H groups in total. The number of ether oxygens (including phenoxy) is 2. The summed E-state index contributed by atoms with van der Waals surface area (Å²) >= 11 is 0. The fraction of sp³-hybridized carbons (Fsp3) is 0.375. The normalized spacial score (nSPS) is 15.1. The molecule has 1 saturated carbocycles. The molecule has 0 atom stereocenters. The molecule has 4 rings (SSSR count). The van der Waals surface area contributed by atoms with Gasteiger partial charge in [0.15, 0.2) is 19.0 Å². The summed E-state index contributed by atoms with van der Waals surface area (Å²) in [6.07, 6.45) is 3.28. The van der Waals surface area contributed by atoms with Crippen LogP contribution in [0.25, 0.3) is 0 Å². The number of nitrogens with zero attached hydrogens (tertiary/aromatic N) is 1. The van der Waals surface area contributed by atoms with E-state index in [0.29, 0.717) is 48.1 Å². The van der Waals surface area contributed by atoms with Crippen LogP contribution in [-0.2, 0) is 9.59 Å². The number of rotatable bonds is 10. The van der Waals surface area contributed by atoms with E-state index in [0.717, 1.165) is 6.54 Å². The zero-order chi connectivity index (χ0) is 21.6. The smallest absolute Gasteiger partial charge is 0.265 e. The van der Waals surface area contributed by atoms with Gasteiger partial charge in [-0.1, -0.05) is 18.2 Å². The molecule has 2 aromatic rings. The summed E-state index contributed by atoms with van der Waals surface area (Å²) in [4.78, 5) is 38.6. The van der Waals surface area contributed by atoms with Crippen LogP contribution in [0, 0.1) is 5.92 Å². The molecule has 1 heterocycles. The molecule has 2 aromatic carbocycles. The lowest BCUT2D eigenvalue weighted by atomic mass is 10.1. The van der Waals surface area contributed by atoms with E-state index in [2.05, 4.69) is 5.32 Å². The topological polar surface area (TPSA) is 84.9 Å². The molecular weight excluding hydrogens is 396 g/mol. The summed E-state index contributed by atoms with van der Waals surface area (Å²) in [5.74, 6) is 1.45. The van der Waals surface area contributed by atoms with Crippen molar-refractivity contribution in [2.45, 2.75) is 25.7 Å². The summed E-state index contributed by atoms with van der Waals surface area (Å²) in [6.45, 7) is 0.989. The molecule has 7 nitrogen and oxygen atoms in total. The van der Waals surface area contributed by atoms with E-state index in [1.165, 1.54) is 12.8 Å². The number of carbonyl (C=O) groups excluding carboxylic acids is 3. The van der Waals surface area contributed by atoms with Gasteiger partial charge < -0.3 is 19.7 Å². The summed E-state index contributed by atoms with van der Waals surface area (Å²) < 4.78 is 11.1. The van der Waals surface area contributed by atoms with Crippen molar-refractivity contribution in [1.29, 1.82) is 0 Å². The Kier molecular flexibility index (Phi) is 6.50. The fourth-order valence-corrected chi connectivity index (χ4v) is 3.44. The Morgan fingerprint density at radius 1 is 1.13 bits per heavy atom. The number of nitrogens with one attached hydrogen (secondary N) is 1. The average Bonchev–Trinajstić information content (AvgIpc) is 3.62. The van der Waals surface area contributed by atoms with Gasteiger partial charge in [0.1, 0.15) is 11.5 Å². The second-order valence-corrected chi connectivity index (χ2v) is 7.89. The van der Waals surface area contributed by atoms with Gasteiger partial charge in [-0.05, 0) is 55.5 Å². The van der Waals surface area contributed by atoms with E-state index in [1.807, 2.05) is 18.2 Å². The molecule has 2 aliphatic rings. The standard InChI is InChI=1S/C24H26N2O5/c27-21(15-30-19-5-2-1-3-6-19)18-10-11-22-20(13-18)26(24(29)16-31-22)12-4-7-23(28)25-14-17-8-9-17/h1-3,5-6,10-11,13,17H,4,7-9,12,14-16H2,(H,25,28). The van der Waals surface area contributed by atoms with E-state index in [4.69, 9.17) is 9.47 Å². The highest BCUT2D eigenvalue weighted by molar-refractivity contribution is 6.02. The van der Waals surface area contributed by atoms with E-state index in [1.54, 1.807) is 35.2 Å². The minimum Gasteiger partial charge on any atom is -0.485 e. The van der Waals surface area contributed by atoms with Crippen molar-refractivity contribution in [3.05, 3.63) is 54.1 Å². The summed E-state index contributed by atoms with van der Waals surface area (Å²) in [5, 5.41) is 2.94. The highest BCUT2D eigenvalue weighted by atomic mass is 16.5. The zero-order valence-electron chi connectivity index (χ0n) is 17.3. The van der Waals surface area contributed by atoms with Crippen LogP contribution in [0.5, 0.6) is 11.5 Å². The maximum absolute atomic E-state index is 12.6. The first-order chi connectivity index (χ1) is 15.1. The van der Waals surface area contributed by atoms with Crippen molar-refractivity contribution in [1.82, 2.24) is 5.32 Å². The maximum Gasteiger partial charge on any atom is 0.265 e. The summed E-state index contributed by atoms with van der Waals surface area (Å²) in [5.41, 5.74) is 1.00. The number of ketones is 1. The lowest BCUT2D eigenvalue weighted by molar-refractivity contribution is -0.122. The monoisotopic (exact) mass is 422 g/mol. The van der Waals surface area contributed by atoms with Gasteiger partial charge in [0, 0.05) is 25.1 Å².